The summed E-state index contributed by atoms with van der Waals surface area (Å²) in [5.41, 5.74) is 0.0687. The lowest BCUT2D eigenvalue weighted by Gasteiger charge is -2.56. The lowest BCUT2D eigenvalue weighted by atomic mass is 9.49. The zero-order valence-electron chi connectivity index (χ0n) is 22.2. The Balaban J connectivity index is 1.23. The maximum atomic E-state index is 13.2. The number of fused-ring (bicyclic) bond motifs is 5. The summed E-state index contributed by atoms with van der Waals surface area (Å²) in [6.45, 7) is 2.04. The zero-order chi connectivity index (χ0) is 25.1. The van der Waals surface area contributed by atoms with Gasteiger partial charge in [-0.2, -0.15) is 0 Å². The summed E-state index contributed by atoms with van der Waals surface area (Å²) in [5.74, 6) is 3.46. The summed E-state index contributed by atoms with van der Waals surface area (Å²) in [6, 6.07) is 0. The molecule has 5 rings (SSSR count). The second-order valence-electron chi connectivity index (χ2n) is 12.7. The van der Waals surface area contributed by atoms with Crippen molar-refractivity contribution in [3.05, 3.63) is 36.5 Å². The zero-order valence-corrected chi connectivity index (χ0v) is 22.2. The molecule has 0 heterocycles. The molecule has 0 aliphatic heterocycles. The van der Waals surface area contributed by atoms with Gasteiger partial charge >= 0.3 is 5.97 Å². The standard InChI is InChI=1S/C32H46O4/c1-32-19-18-25-26(28(32)16-17-29(32)30(34)21-33)15-13-22-12-14-24(20-27(22)25)36-31(35)23-10-8-6-4-2-3-5-7-9-11-23/h2,4,6-9,22-29,33H,3,5,10-21H2,1H3/b4-2?,8-6-,9-7-. The molecule has 198 valence electrons. The smallest absolute Gasteiger partial charge is 0.309 e. The van der Waals surface area contributed by atoms with Crippen LogP contribution >= 0.6 is 0 Å². The lowest BCUT2D eigenvalue weighted by Crippen LogP contribution is -2.50. The van der Waals surface area contributed by atoms with Crippen LogP contribution in [0.3, 0.4) is 0 Å². The molecule has 0 aromatic rings. The molecule has 5 aliphatic carbocycles. The summed E-state index contributed by atoms with van der Waals surface area (Å²) < 4.78 is 6.23. The van der Waals surface area contributed by atoms with Gasteiger partial charge in [0, 0.05) is 5.92 Å². The molecular weight excluding hydrogens is 448 g/mol. The average molecular weight is 495 g/mol. The number of Topliss-reactive ketones (excluding diaryl/α,β-unsaturated/α-hetero) is 1. The number of allylic oxidation sites excluding steroid dienone is 6. The molecule has 5 aliphatic rings. The SMILES string of the molecule is CC12CCC3C4CC(OC(=O)C5C/C=C\C=CCC/C=C\C5)CCC4CCC3C1CCC2C(=O)CO. The van der Waals surface area contributed by atoms with Crippen LogP contribution in [0.1, 0.15) is 90.4 Å². The van der Waals surface area contributed by atoms with Crippen LogP contribution in [-0.4, -0.2) is 29.6 Å². The molecule has 0 spiro atoms. The number of aliphatic hydroxyl groups is 1. The summed E-state index contributed by atoms with van der Waals surface area (Å²) in [6.07, 6.45) is 26.7. The van der Waals surface area contributed by atoms with Crippen molar-refractivity contribution in [3.63, 3.8) is 0 Å². The number of ketones is 1. The van der Waals surface area contributed by atoms with E-state index in [0.717, 1.165) is 63.7 Å². The van der Waals surface area contributed by atoms with Crippen molar-refractivity contribution in [2.24, 2.45) is 46.8 Å². The minimum Gasteiger partial charge on any atom is -0.462 e. The molecule has 0 saturated heterocycles. The molecule has 9 atom stereocenters. The predicted octanol–water partition coefficient (Wildman–Crippen LogP) is 6.59. The first-order valence-corrected chi connectivity index (χ1v) is 14.8. The Kier molecular flexibility index (Phi) is 8.20. The van der Waals surface area contributed by atoms with E-state index >= 15 is 0 Å². The Hall–Kier alpha value is -1.68. The quantitative estimate of drug-likeness (QED) is 0.354. The third kappa shape index (κ3) is 5.17. The third-order valence-electron chi connectivity index (χ3n) is 11.0. The molecule has 0 amide bonds. The van der Waals surface area contributed by atoms with Gasteiger partial charge in [0.25, 0.3) is 0 Å². The second-order valence-corrected chi connectivity index (χ2v) is 12.7. The highest BCUT2D eigenvalue weighted by Gasteiger charge is 2.58. The van der Waals surface area contributed by atoms with Crippen LogP contribution < -0.4 is 0 Å². The molecular formula is C32H46O4. The number of hydrogen-bond donors (Lipinski definition) is 1. The monoisotopic (exact) mass is 494 g/mol. The fourth-order valence-corrected chi connectivity index (χ4v) is 9.14. The molecule has 0 bridgehead atoms. The van der Waals surface area contributed by atoms with Crippen molar-refractivity contribution in [2.75, 3.05) is 6.61 Å². The van der Waals surface area contributed by atoms with E-state index in [4.69, 9.17) is 4.74 Å². The van der Waals surface area contributed by atoms with E-state index in [9.17, 15) is 14.7 Å². The summed E-state index contributed by atoms with van der Waals surface area (Å²) in [7, 11) is 0. The molecule has 4 nitrogen and oxygen atoms in total. The highest BCUT2D eigenvalue weighted by Crippen LogP contribution is 2.64. The van der Waals surface area contributed by atoms with Gasteiger partial charge in [-0.3, -0.25) is 9.59 Å². The van der Waals surface area contributed by atoms with E-state index in [1.807, 2.05) is 0 Å². The molecule has 0 aromatic heterocycles. The van der Waals surface area contributed by atoms with Crippen LogP contribution in [0, 0.1) is 46.8 Å². The first kappa shape index (κ1) is 25.9. The Morgan fingerprint density at radius 2 is 1.64 bits per heavy atom. The van der Waals surface area contributed by atoms with E-state index in [1.54, 1.807) is 0 Å². The summed E-state index contributed by atoms with van der Waals surface area (Å²) in [4.78, 5) is 25.7. The number of aliphatic hydroxyl groups excluding tert-OH is 1. The predicted molar refractivity (Wildman–Crippen MR) is 142 cm³/mol. The van der Waals surface area contributed by atoms with Crippen LogP contribution in [0.5, 0.6) is 0 Å². The van der Waals surface area contributed by atoms with Crippen molar-refractivity contribution in [1.82, 2.24) is 0 Å². The van der Waals surface area contributed by atoms with E-state index in [-0.39, 0.29) is 41.7 Å². The minimum absolute atomic E-state index is 0.0132. The molecule has 4 fully saturated rings. The van der Waals surface area contributed by atoms with Crippen LogP contribution in [0.4, 0.5) is 0 Å². The first-order valence-electron chi connectivity index (χ1n) is 14.8. The van der Waals surface area contributed by atoms with Gasteiger partial charge < -0.3 is 9.84 Å². The molecule has 36 heavy (non-hydrogen) atoms. The molecule has 9 unspecified atom stereocenters. The van der Waals surface area contributed by atoms with Gasteiger partial charge in [-0.05, 0) is 118 Å². The number of esters is 1. The molecule has 4 saturated carbocycles. The van der Waals surface area contributed by atoms with E-state index in [0.29, 0.717) is 23.7 Å². The van der Waals surface area contributed by atoms with Crippen molar-refractivity contribution >= 4 is 11.8 Å². The van der Waals surface area contributed by atoms with E-state index < -0.39 is 0 Å². The first-order chi connectivity index (χ1) is 17.5. The lowest BCUT2D eigenvalue weighted by molar-refractivity contribution is -0.160. The Labute approximate surface area is 217 Å². The van der Waals surface area contributed by atoms with Gasteiger partial charge in [0.15, 0.2) is 5.78 Å². The van der Waals surface area contributed by atoms with Gasteiger partial charge in [0.2, 0.25) is 0 Å². The third-order valence-corrected chi connectivity index (χ3v) is 11.0. The second kappa shape index (κ2) is 11.4. The van der Waals surface area contributed by atoms with Gasteiger partial charge in [0.05, 0.1) is 5.92 Å². The number of ether oxygens (including phenoxy) is 1. The van der Waals surface area contributed by atoms with Crippen molar-refractivity contribution in [2.45, 2.75) is 96.5 Å². The topological polar surface area (TPSA) is 63.6 Å². The van der Waals surface area contributed by atoms with Crippen molar-refractivity contribution in [1.29, 1.82) is 0 Å². The Bertz CT molecular complexity index is 887. The van der Waals surface area contributed by atoms with Gasteiger partial charge in [0.1, 0.15) is 12.7 Å². The van der Waals surface area contributed by atoms with E-state index in [1.165, 1.54) is 25.7 Å². The molecule has 4 heteroatoms. The molecule has 0 radical (unpaired) electrons. The van der Waals surface area contributed by atoms with Crippen LogP contribution in [0.2, 0.25) is 0 Å². The number of carbonyl (C=O) groups is 2. The van der Waals surface area contributed by atoms with Gasteiger partial charge in [-0.1, -0.05) is 43.4 Å². The number of hydrogen-bond acceptors (Lipinski definition) is 4. The van der Waals surface area contributed by atoms with Crippen LogP contribution in [0.15, 0.2) is 36.5 Å². The summed E-state index contributed by atoms with van der Waals surface area (Å²) >= 11 is 0. The fraction of sp³-hybridized carbons (Fsp3) is 0.750. The summed E-state index contributed by atoms with van der Waals surface area (Å²) in [5, 5.41) is 9.55. The normalized spacial score (nSPS) is 44.3. The molecule has 0 aromatic carbocycles. The highest BCUT2D eigenvalue weighted by molar-refractivity contribution is 5.83. The van der Waals surface area contributed by atoms with Crippen molar-refractivity contribution in [3.8, 4) is 0 Å². The Morgan fingerprint density at radius 3 is 2.50 bits per heavy atom. The highest BCUT2D eigenvalue weighted by atomic mass is 16.5. The number of rotatable bonds is 4. The largest absolute Gasteiger partial charge is 0.462 e. The maximum absolute atomic E-state index is 13.2. The Morgan fingerprint density at radius 1 is 0.861 bits per heavy atom. The van der Waals surface area contributed by atoms with Crippen LogP contribution in [0.25, 0.3) is 0 Å². The van der Waals surface area contributed by atoms with Gasteiger partial charge in [-0.15, -0.1) is 0 Å². The maximum Gasteiger partial charge on any atom is 0.309 e. The van der Waals surface area contributed by atoms with E-state index in [2.05, 4.69) is 43.4 Å². The van der Waals surface area contributed by atoms with Crippen molar-refractivity contribution < 1.29 is 19.4 Å². The van der Waals surface area contributed by atoms with Gasteiger partial charge in [-0.25, -0.2) is 0 Å². The van der Waals surface area contributed by atoms with Crippen LogP contribution in [-0.2, 0) is 14.3 Å². The average Bonchev–Trinajstić information content (AvgIpc) is 3.21. The fourth-order valence-electron chi connectivity index (χ4n) is 9.14. The molecule has 1 N–H and O–H groups in total. The minimum atomic E-state index is -0.303. The number of carbonyl (C=O) groups excluding carboxylic acids is 2.